The molecular weight excluding hydrogens is 256 g/mol. The van der Waals surface area contributed by atoms with Crippen LogP contribution in [0.1, 0.15) is 21.6 Å². The maximum absolute atomic E-state index is 12.0. The number of carbonyl (C=O) groups excluding carboxylic acids is 1. The summed E-state index contributed by atoms with van der Waals surface area (Å²) in [6.07, 6.45) is 1.63. The van der Waals surface area contributed by atoms with Gasteiger partial charge in [0.2, 0.25) is 5.88 Å². The average molecular weight is 272 g/mol. The zero-order valence-corrected chi connectivity index (χ0v) is 11.4. The fraction of sp³-hybridized carbons (Fsp3) is 0.214. The summed E-state index contributed by atoms with van der Waals surface area (Å²) in [5.41, 5.74) is 7.74. The first-order chi connectivity index (χ1) is 9.58. The summed E-state index contributed by atoms with van der Waals surface area (Å²) in [6, 6.07) is 6.83. The molecule has 2 rings (SSSR count). The summed E-state index contributed by atoms with van der Waals surface area (Å²) in [4.78, 5) is 20.1. The molecule has 0 fully saturated rings. The molecular formula is C14H16N4O2. The summed E-state index contributed by atoms with van der Waals surface area (Å²) in [7, 11) is 1.55. The van der Waals surface area contributed by atoms with E-state index in [1.807, 2.05) is 6.07 Å². The minimum absolute atomic E-state index is 0.196. The van der Waals surface area contributed by atoms with Gasteiger partial charge in [-0.3, -0.25) is 4.79 Å². The normalized spacial score (nSPS) is 10.1. The highest BCUT2D eigenvalue weighted by molar-refractivity contribution is 5.94. The van der Waals surface area contributed by atoms with E-state index in [1.54, 1.807) is 38.4 Å². The number of carbonyl (C=O) groups is 1. The minimum Gasteiger partial charge on any atom is -0.481 e. The maximum Gasteiger partial charge on any atom is 0.251 e. The number of anilines is 1. The Morgan fingerprint density at radius 2 is 2.20 bits per heavy atom. The Bertz CT molecular complexity index is 608. The SMILES string of the molecule is COc1cc(CNC(=O)c2cc(C)nc(N)c2)ccn1. The highest BCUT2D eigenvalue weighted by Gasteiger charge is 2.07. The van der Waals surface area contributed by atoms with Gasteiger partial charge in [-0.1, -0.05) is 0 Å². The minimum atomic E-state index is -0.196. The molecule has 0 radical (unpaired) electrons. The van der Waals surface area contributed by atoms with Crippen molar-refractivity contribution in [3.05, 3.63) is 47.3 Å². The number of nitrogens with two attached hydrogens (primary N) is 1. The van der Waals surface area contributed by atoms with E-state index in [-0.39, 0.29) is 5.91 Å². The van der Waals surface area contributed by atoms with Crippen molar-refractivity contribution in [2.75, 3.05) is 12.8 Å². The number of nitrogen functional groups attached to an aromatic ring is 1. The van der Waals surface area contributed by atoms with Crippen LogP contribution in [0.15, 0.2) is 30.5 Å². The number of methoxy groups -OCH3 is 1. The molecule has 0 saturated heterocycles. The molecule has 1 amide bonds. The molecule has 0 aliphatic rings. The first-order valence-corrected chi connectivity index (χ1v) is 6.10. The third-order valence-corrected chi connectivity index (χ3v) is 2.70. The topological polar surface area (TPSA) is 90.1 Å². The monoisotopic (exact) mass is 272 g/mol. The second-order valence-corrected chi connectivity index (χ2v) is 4.31. The van der Waals surface area contributed by atoms with Gasteiger partial charge in [-0.25, -0.2) is 9.97 Å². The van der Waals surface area contributed by atoms with Crippen LogP contribution in [0.2, 0.25) is 0 Å². The lowest BCUT2D eigenvalue weighted by Crippen LogP contribution is -2.23. The summed E-state index contributed by atoms with van der Waals surface area (Å²) in [5, 5.41) is 2.82. The van der Waals surface area contributed by atoms with Crippen molar-refractivity contribution in [3.8, 4) is 5.88 Å². The Morgan fingerprint density at radius 1 is 1.40 bits per heavy atom. The highest BCUT2D eigenvalue weighted by atomic mass is 16.5. The molecule has 3 N–H and O–H groups in total. The van der Waals surface area contributed by atoms with Crippen molar-refractivity contribution in [1.82, 2.24) is 15.3 Å². The molecule has 0 aliphatic heterocycles. The standard InChI is InChI=1S/C14H16N4O2/c1-9-5-11(7-12(15)18-9)14(19)17-8-10-3-4-16-13(6-10)20-2/h3-7H,8H2,1-2H3,(H2,15,18)(H,17,19). The second-order valence-electron chi connectivity index (χ2n) is 4.31. The number of hydrogen-bond acceptors (Lipinski definition) is 5. The smallest absolute Gasteiger partial charge is 0.251 e. The van der Waals surface area contributed by atoms with Crippen LogP contribution in [0.4, 0.5) is 5.82 Å². The molecule has 0 atom stereocenters. The first-order valence-electron chi connectivity index (χ1n) is 6.10. The van der Waals surface area contributed by atoms with E-state index in [2.05, 4.69) is 15.3 Å². The van der Waals surface area contributed by atoms with Gasteiger partial charge in [0, 0.05) is 30.1 Å². The van der Waals surface area contributed by atoms with E-state index in [4.69, 9.17) is 10.5 Å². The number of aryl methyl sites for hydroxylation is 1. The lowest BCUT2D eigenvalue weighted by Gasteiger charge is -2.07. The Kier molecular flexibility index (Phi) is 4.14. The van der Waals surface area contributed by atoms with Gasteiger partial charge >= 0.3 is 0 Å². The Labute approximate surface area is 117 Å². The summed E-state index contributed by atoms with van der Waals surface area (Å²) < 4.78 is 5.03. The van der Waals surface area contributed by atoms with Crippen LogP contribution in [-0.4, -0.2) is 23.0 Å². The fourth-order valence-corrected chi connectivity index (χ4v) is 1.78. The van der Waals surface area contributed by atoms with Gasteiger partial charge < -0.3 is 15.8 Å². The van der Waals surface area contributed by atoms with Crippen LogP contribution in [0, 0.1) is 6.92 Å². The predicted molar refractivity (Wildman–Crippen MR) is 75.3 cm³/mol. The molecule has 0 spiro atoms. The molecule has 2 aromatic rings. The first kappa shape index (κ1) is 13.8. The zero-order valence-electron chi connectivity index (χ0n) is 11.4. The molecule has 0 saturated carbocycles. The third-order valence-electron chi connectivity index (χ3n) is 2.70. The predicted octanol–water partition coefficient (Wildman–Crippen LogP) is 1.31. The largest absolute Gasteiger partial charge is 0.481 e. The van der Waals surface area contributed by atoms with Crippen LogP contribution < -0.4 is 15.8 Å². The quantitative estimate of drug-likeness (QED) is 0.875. The van der Waals surface area contributed by atoms with E-state index in [9.17, 15) is 4.79 Å². The van der Waals surface area contributed by atoms with Crippen LogP contribution in [0.3, 0.4) is 0 Å². The summed E-state index contributed by atoms with van der Waals surface area (Å²) in [6.45, 7) is 2.18. The van der Waals surface area contributed by atoms with Crippen LogP contribution in [-0.2, 0) is 6.54 Å². The number of ether oxygens (including phenoxy) is 1. The summed E-state index contributed by atoms with van der Waals surface area (Å²) >= 11 is 0. The van der Waals surface area contributed by atoms with Crippen molar-refractivity contribution in [2.45, 2.75) is 13.5 Å². The van der Waals surface area contributed by atoms with Crippen LogP contribution in [0.5, 0.6) is 5.88 Å². The lowest BCUT2D eigenvalue weighted by molar-refractivity contribution is 0.0950. The number of rotatable bonds is 4. The van der Waals surface area contributed by atoms with E-state index < -0.39 is 0 Å². The summed E-state index contributed by atoms with van der Waals surface area (Å²) in [5.74, 6) is 0.652. The zero-order chi connectivity index (χ0) is 14.5. The van der Waals surface area contributed by atoms with Gasteiger partial charge in [0.05, 0.1) is 7.11 Å². The number of pyridine rings is 2. The number of nitrogens with one attached hydrogen (secondary N) is 1. The molecule has 6 heteroatoms. The number of aromatic nitrogens is 2. The van der Waals surface area contributed by atoms with E-state index >= 15 is 0 Å². The Hall–Kier alpha value is -2.63. The van der Waals surface area contributed by atoms with Crippen molar-refractivity contribution in [3.63, 3.8) is 0 Å². The van der Waals surface area contributed by atoms with Gasteiger partial charge in [0.15, 0.2) is 0 Å². The van der Waals surface area contributed by atoms with Crippen LogP contribution in [0.25, 0.3) is 0 Å². The van der Waals surface area contributed by atoms with E-state index in [0.29, 0.717) is 29.5 Å². The number of nitrogens with zero attached hydrogens (tertiary/aromatic N) is 2. The van der Waals surface area contributed by atoms with Gasteiger partial charge in [-0.15, -0.1) is 0 Å². The molecule has 2 heterocycles. The van der Waals surface area contributed by atoms with Gasteiger partial charge in [0.1, 0.15) is 5.82 Å². The second kappa shape index (κ2) is 6.01. The van der Waals surface area contributed by atoms with Gasteiger partial charge in [-0.05, 0) is 30.7 Å². The van der Waals surface area contributed by atoms with E-state index in [0.717, 1.165) is 5.56 Å². The molecule has 0 bridgehead atoms. The third kappa shape index (κ3) is 3.44. The molecule has 0 aromatic carbocycles. The van der Waals surface area contributed by atoms with Gasteiger partial charge in [0.25, 0.3) is 5.91 Å². The van der Waals surface area contributed by atoms with Crippen molar-refractivity contribution in [1.29, 1.82) is 0 Å². The Morgan fingerprint density at radius 3 is 2.90 bits per heavy atom. The van der Waals surface area contributed by atoms with E-state index in [1.165, 1.54) is 0 Å². The molecule has 0 unspecified atom stereocenters. The fourth-order valence-electron chi connectivity index (χ4n) is 1.78. The maximum atomic E-state index is 12.0. The van der Waals surface area contributed by atoms with Crippen LogP contribution >= 0.6 is 0 Å². The molecule has 0 aliphatic carbocycles. The molecule has 2 aromatic heterocycles. The molecule has 6 nitrogen and oxygen atoms in total. The molecule has 104 valence electrons. The van der Waals surface area contributed by atoms with Crippen molar-refractivity contribution >= 4 is 11.7 Å². The van der Waals surface area contributed by atoms with Gasteiger partial charge in [-0.2, -0.15) is 0 Å². The van der Waals surface area contributed by atoms with Crippen molar-refractivity contribution < 1.29 is 9.53 Å². The lowest BCUT2D eigenvalue weighted by atomic mass is 10.2. The van der Waals surface area contributed by atoms with Crippen molar-refractivity contribution in [2.24, 2.45) is 0 Å². The molecule has 20 heavy (non-hydrogen) atoms. The average Bonchev–Trinajstić information content (AvgIpc) is 2.44. The number of amides is 1. The Balaban J connectivity index is 2.04. The number of hydrogen-bond donors (Lipinski definition) is 2. The highest BCUT2D eigenvalue weighted by Crippen LogP contribution is 2.10.